The van der Waals surface area contributed by atoms with Crippen LogP contribution >= 0.6 is 0 Å². The summed E-state index contributed by atoms with van der Waals surface area (Å²) < 4.78 is 14.0. The minimum atomic E-state index is -0.305. The van der Waals surface area contributed by atoms with Crippen LogP contribution in [-0.2, 0) is 11.3 Å². The number of carbonyl (C=O) groups excluding carboxylic acids is 1. The maximum absolute atomic E-state index is 12.8. The van der Waals surface area contributed by atoms with Crippen molar-refractivity contribution in [2.45, 2.75) is 26.4 Å². The van der Waals surface area contributed by atoms with Crippen molar-refractivity contribution in [3.8, 4) is 11.5 Å². The molecule has 140 valence electrons. The number of hydrogen-bond donors (Lipinski definition) is 1. The quantitative estimate of drug-likeness (QED) is 0.763. The fraction of sp³-hybridized carbons (Fsp3) is 0.316. The van der Waals surface area contributed by atoms with Gasteiger partial charge in [0.05, 0.1) is 5.52 Å². The number of pyridine rings is 1. The molecule has 1 aliphatic rings. The second-order valence-electron chi connectivity index (χ2n) is 6.59. The van der Waals surface area contributed by atoms with Gasteiger partial charge >= 0.3 is 5.69 Å². The Morgan fingerprint density at radius 2 is 2.00 bits per heavy atom. The molecule has 4 rings (SSSR count). The molecule has 1 aromatic carbocycles. The van der Waals surface area contributed by atoms with Gasteiger partial charge in [-0.2, -0.15) is 0 Å². The Labute approximate surface area is 155 Å². The molecule has 0 spiro atoms. The first kappa shape index (κ1) is 17.1. The van der Waals surface area contributed by atoms with E-state index in [-0.39, 0.29) is 24.2 Å². The van der Waals surface area contributed by atoms with E-state index in [4.69, 9.17) is 9.47 Å². The third-order valence-electron chi connectivity index (χ3n) is 4.37. The third-order valence-corrected chi connectivity index (χ3v) is 4.37. The molecule has 8 nitrogen and oxygen atoms in total. The van der Waals surface area contributed by atoms with Crippen LogP contribution in [0.25, 0.3) is 11.2 Å². The number of carbonyl (C=O) groups is 1. The molecule has 0 saturated heterocycles. The van der Waals surface area contributed by atoms with E-state index in [0.717, 1.165) is 0 Å². The molecular weight excluding hydrogens is 348 g/mol. The molecule has 27 heavy (non-hydrogen) atoms. The molecule has 0 unspecified atom stereocenters. The molecule has 3 aromatic rings. The van der Waals surface area contributed by atoms with Gasteiger partial charge in [0.1, 0.15) is 19.8 Å². The van der Waals surface area contributed by atoms with Gasteiger partial charge in [0.15, 0.2) is 17.1 Å². The van der Waals surface area contributed by atoms with Crippen molar-refractivity contribution in [2.24, 2.45) is 0 Å². The van der Waals surface area contributed by atoms with Crippen molar-refractivity contribution >= 4 is 22.8 Å². The molecule has 1 aliphatic heterocycles. The Kier molecular flexibility index (Phi) is 4.31. The van der Waals surface area contributed by atoms with E-state index in [2.05, 4.69) is 10.3 Å². The van der Waals surface area contributed by atoms with Crippen molar-refractivity contribution < 1.29 is 14.3 Å². The topological polar surface area (TPSA) is 87.4 Å². The minimum Gasteiger partial charge on any atom is -0.486 e. The number of benzene rings is 1. The van der Waals surface area contributed by atoms with E-state index in [1.807, 2.05) is 13.8 Å². The molecule has 1 N–H and O–H groups in total. The number of fused-ring (bicyclic) bond motifs is 2. The number of imidazole rings is 1. The van der Waals surface area contributed by atoms with E-state index in [0.29, 0.717) is 41.6 Å². The number of amides is 1. The average molecular weight is 368 g/mol. The van der Waals surface area contributed by atoms with Crippen LogP contribution in [0.4, 0.5) is 5.69 Å². The molecule has 0 fully saturated rings. The van der Waals surface area contributed by atoms with Crippen LogP contribution in [0.15, 0.2) is 41.3 Å². The Balaban J connectivity index is 1.60. The lowest BCUT2D eigenvalue weighted by Crippen LogP contribution is -2.30. The third kappa shape index (κ3) is 3.14. The lowest BCUT2D eigenvalue weighted by atomic mass is 10.2. The number of rotatable bonds is 4. The Bertz CT molecular complexity index is 1070. The predicted octanol–water partition coefficient (Wildman–Crippen LogP) is 2.19. The Morgan fingerprint density at radius 1 is 1.22 bits per heavy atom. The van der Waals surface area contributed by atoms with Crippen LogP contribution in [0.3, 0.4) is 0 Å². The van der Waals surface area contributed by atoms with Gasteiger partial charge in [-0.05, 0) is 38.1 Å². The molecule has 8 heteroatoms. The highest BCUT2D eigenvalue weighted by Crippen LogP contribution is 2.32. The van der Waals surface area contributed by atoms with Crippen LogP contribution in [0.1, 0.15) is 19.9 Å². The maximum Gasteiger partial charge on any atom is 0.331 e. The SMILES string of the molecule is CC(C)n1c(=O)n(CC(=O)Nc2ccc3c(c2)OCCO3)c2cccnc21. The second kappa shape index (κ2) is 6.79. The minimum absolute atomic E-state index is 0.0583. The fourth-order valence-electron chi connectivity index (χ4n) is 3.19. The van der Waals surface area contributed by atoms with Gasteiger partial charge in [-0.1, -0.05) is 0 Å². The van der Waals surface area contributed by atoms with Crippen LogP contribution < -0.4 is 20.5 Å². The van der Waals surface area contributed by atoms with Crippen molar-refractivity contribution in [3.05, 3.63) is 47.0 Å². The average Bonchev–Trinajstić information content (AvgIpc) is 2.93. The first-order valence-electron chi connectivity index (χ1n) is 8.80. The van der Waals surface area contributed by atoms with Crippen molar-refractivity contribution in [2.75, 3.05) is 18.5 Å². The lowest BCUT2D eigenvalue weighted by Gasteiger charge is -2.19. The first-order valence-corrected chi connectivity index (χ1v) is 8.80. The van der Waals surface area contributed by atoms with Crippen molar-refractivity contribution in [3.63, 3.8) is 0 Å². The van der Waals surface area contributed by atoms with Crippen LogP contribution in [0, 0.1) is 0 Å². The smallest absolute Gasteiger partial charge is 0.331 e. The summed E-state index contributed by atoms with van der Waals surface area (Å²) in [5.41, 5.74) is 1.54. The standard InChI is InChI=1S/C19H20N4O4/c1-12(2)23-18-14(4-3-7-20-18)22(19(23)25)11-17(24)21-13-5-6-15-16(10-13)27-9-8-26-15/h3-7,10,12H,8-9,11H2,1-2H3,(H,21,24). The highest BCUT2D eigenvalue weighted by Gasteiger charge is 2.18. The molecule has 1 amide bonds. The zero-order chi connectivity index (χ0) is 19.0. The van der Waals surface area contributed by atoms with Crippen molar-refractivity contribution in [1.82, 2.24) is 14.1 Å². The van der Waals surface area contributed by atoms with Crippen molar-refractivity contribution in [1.29, 1.82) is 0 Å². The van der Waals surface area contributed by atoms with E-state index >= 15 is 0 Å². The van der Waals surface area contributed by atoms with Gasteiger partial charge in [0, 0.05) is 24.0 Å². The lowest BCUT2D eigenvalue weighted by molar-refractivity contribution is -0.116. The van der Waals surface area contributed by atoms with Crippen LogP contribution in [0.2, 0.25) is 0 Å². The highest BCUT2D eigenvalue weighted by atomic mass is 16.6. The fourth-order valence-corrected chi connectivity index (χ4v) is 3.19. The molecule has 0 aliphatic carbocycles. The number of aromatic nitrogens is 3. The summed E-state index contributed by atoms with van der Waals surface area (Å²) in [5, 5.41) is 2.81. The Morgan fingerprint density at radius 3 is 2.78 bits per heavy atom. The number of anilines is 1. The summed E-state index contributed by atoms with van der Waals surface area (Å²) in [5.74, 6) is 0.943. The van der Waals surface area contributed by atoms with Gasteiger partial charge in [0.25, 0.3) is 0 Å². The van der Waals surface area contributed by atoms with E-state index in [1.165, 1.54) is 4.57 Å². The summed E-state index contributed by atoms with van der Waals surface area (Å²) in [7, 11) is 0. The summed E-state index contributed by atoms with van der Waals surface area (Å²) in [4.78, 5) is 29.6. The number of hydrogen-bond acceptors (Lipinski definition) is 5. The van der Waals surface area contributed by atoms with Gasteiger partial charge in [-0.25, -0.2) is 9.78 Å². The maximum atomic E-state index is 12.8. The first-order chi connectivity index (χ1) is 13.0. The van der Waals surface area contributed by atoms with Crippen LogP contribution in [-0.4, -0.2) is 33.2 Å². The summed E-state index contributed by atoms with van der Waals surface area (Å²) in [6, 6.07) is 8.70. The molecule has 2 aromatic heterocycles. The molecule has 0 saturated carbocycles. The summed E-state index contributed by atoms with van der Waals surface area (Å²) in [6.07, 6.45) is 1.64. The normalized spacial score (nSPS) is 13.1. The zero-order valence-corrected chi connectivity index (χ0v) is 15.1. The second-order valence-corrected chi connectivity index (χ2v) is 6.59. The predicted molar refractivity (Wildman–Crippen MR) is 100 cm³/mol. The number of nitrogens with one attached hydrogen (secondary N) is 1. The van der Waals surface area contributed by atoms with E-state index in [1.54, 1.807) is 41.1 Å². The molecule has 3 heterocycles. The van der Waals surface area contributed by atoms with E-state index < -0.39 is 0 Å². The van der Waals surface area contributed by atoms with Gasteiger partial charge in [-0.3, -0.25) is 13.9 Å². The number of nitrogens with zero attached hydrogens (tertiary/aromatic N) is 3. The number of ether oxygens (including phenoxy) is 2. The highest BCUT2D eigenvalue weighted by molar-refractivity contribution is 5.91. The molecule has 0 atom stereocenters. The summed E-state index contributed by atoms with van der Waals surface area (Å²) in [6.45, 7) is 4.70. The van der Waals surface area contributed by atoms with Crippen LogP contribution in [0.5, 0.6) is 11.5 Å². The zero-order valence-electron chi connectivity index (χ0n) is 15.1. The molecular formula is C19H20N4O4. The Hall–Kier alpha value is -3.29. The molecule has 0 radical (unpaired) electrons. The monoisotopic (exact) mass is 368 g/mol. The molecule has 0 bridgehead atoms. The van der Waals surface area contributed by atoms with Gasteiger partial charge < -0.3 is 14.8 Å². The summed E-state index contributed by atoms with van der Waals surface area (Å²) >= 11 is 0. The van der Waals surface area contributed by atoms with Gasteiger partial charge in [0.2, 0.25) is 5.91 Å². The van der Waals surface area contributed by atoms with Gasteiger partial charge in [-0.15, -0.1) is 0 Å². The largest absolute Gasteiger partial charge is 0.486 e. The van der Waals surface area contributed by atoms with E-state index in [9.17, 15) is 9.59 Å².